The molecule has 1 saturated carbocycles. The van der Waals surface area contributed by atoms with Crippen LogP contribution in [0.4, 0.5) is 0 Å². The van der Waals surface area contributed by atoms with Crippen LogP contribution in [0.15, 0.2) is 0 Å². The van der Waals surface area contributed by atoms with Gasteiger partial charge in [0, 0.05) is 18.6 Å². The third kappa shape index (κ3) is 1.96. The van der Waals surface area contributed by atoms with Crippen LogP contribution in [-0.4, -0.2) is 48.7 Å². The predicted molar refractivity (Wildman–Crippen MR) is 62.2 cm³/mol. The van der Waals surface area contributed by atoms with E-state index in [0.29, 0.717) is 12.1 Å². The predicted octanol–water partition coefficient (Wildman–Crippen LogP) is 0.764. The average molecular weight is 226 g/mol. The number of likely N-dealkylation sites (N-methyl/N-ethyl adjacent to an activating group) is 1. The number of esters is 1. The number of nitrogens with zero attached hydrogens (tertiary/aromatic N) is 1. The van der Waals surface area contributed by atoms with Gasteiger partial charge in [0.2, 0.25) is 0 Å². The summed E-state index contributed by atoms with van der Waals surface area (Å²) in [6.07, 6.45) is 3.44. The lowest BCUT2D eigenvalue weighted by molar-refractivity contribution is -0.148. The van der Waals surface area contributed by atoms with Gasteiger partial charge >= 0.3 is 5.97 Å². The van der Waals surface area contributed by atoms with Crippen molar-refractivity contribution in [3.63, 3.8) is 0 Å². The van der Waals surface area contributed by atoms with Gasteiger partial charge in [-0.15, -0.1) is 0 Å². The maximum atomic E-state index is 11.9. The largest absolute Gasteiger partial charge is 0.468 e. The molecule has 0 amide bonds. The van der Waals surface area contributed by atoms with Crippen molar-refractivity contribution >= 4 is 5.97 Å². The summed E-state index contributed by atoms with van der Waals surface area (Å²) in [7, 11) is 1.48. The molecule has 4 heteroatoms. The molecule has 2 aliphatic rings. The first-order valence-electron chi connectivity index (χ1n) is 6.22. The number of rotatable bonds is 4. The number of carbonyl (C=O) groups is 1. The molecule has 0 aromatic carbocycles. The molecule has 0 spiro atoms. The second-order valence-electron chi connectivity index (χ2n) is 5.06. The molecule has 1 heterocycles. The molecule has 1 saturated heterocycles. The van der Waals surface area contributed by atoms with Crippen molar-refractivity contribution in [2.75, 3.05) is 20.2 Å². The molecule has 0 bridgehead atoms. The highest BCUT2D eigenvalue weighted by molar-refractivity contribution is 5.81. The van der Waals surface area contributed by atoms with Crippen molar-refractivity contribution in [2.45, 2.75) is 50.7 Å². The van der Waals surface area contributed by atoms with Crippen LogP contribution in [0.5, 0.6) is 0 Å². The highest BCUT2D eigenvalue weighted by Crippen LogP contribution is 2.37. The Morgan fingerprint density at radius 1 is 1.56 bits per heavy atom. The molecule has 16 heavy (non-hydrogen) atoms. The molecule has 1 aliphatic heterocycles. The third-order valence-electron chi connectivity index (χ3n) is 3.77. The van der Waals surface area contributed by atoms with E-state index in [4.69, 9.17) is 4.74 Å². The highest BCUT2D eigenvalue weighted by Gasteiger charge is 2.51. The van der Waals surface area contributed by atoms with Crippen LogP contribution in [0.2, 0.25) is 0 Å². The van der Waals surface area contributed by atoms with Gasteiger partial charge in [-0.25, -0.2) is 0 Å². The molecular formula is C12H22N2O2. The van der Waals surface area contributed by atoms with E-state index >= 15 is 0 Å². The molecule has 92 valence electrons. The SMILES string of the molecule is CCNC1(C(=O)OC)CC(C)N(C2CC2)C1. The van der Waals surface area contributed by atoms with Crippen molar-refractivity contribution in [3.8, 4) is 0 Å². The first kappa shape index (κ1) is 11.9. The Bertz CT molecular complexity index is 278. The Balaban J connectivity index is 2.11. The van der Waals surface area contributed by atoms with E-state index in [1.165, 1.54) is 20.0 Å². The van der Waals surface area contributed by atoms with Gasteiger partial charge in [0.05, 0.1) is 7.11 Å². The van der Waals surface area contributed by atoms with Crippen LogP contribution in [0.25, 0.3) is 0 Å². The number of ether oxygens (including phenoxy) is 1. The average Bonchev–Trinajstić information content (AvgIpc) is 3.04. The number of nitrogens with one attached hydrogen (secondary N) is 1. The maximum Gasteiger partial charge on any atom is 0.327 e. The van der Waals surface area contributed by atoms with Crippen LogP contribution >= 0.6 is 0 Å². The first-order valence-corrected chi connectivity index (χ1v) is 6.22. The molecule has 0 aromatic rings. The minimum atomic E-state index is -0.467. The summed E-state index contributed by atoms with van der Waals surface area (Å²) in [5.41, 5.74) is -0.467. The Morgan fingerprint density at radius 2 is 2.25 bits per heavy atom. The van der Waals surface area contributed by atoms with Gasteiger partial charge in [-0.2, -0.15) is 0 Å². The van der Waals surface area contributed by atoms with Gasteiger partial charge in [-0.1, -0.05) is 6.92 Å². The molecule has 2 atom stereocenters. The number of hydrogen-bond donors (Lipinski definition) is 1. The van der Waals surface area contributed by atoms with Crippen molar-refractivity contribution < 1.29 is 9.53 Å². The summed E-state index contributed by atoms with van der Waals surface area (Å²) >= 11 is 0. The Labute approximate surface area is 97.3 Å². The molecule has 2 fully saturated rings. The van der Waals surface area contributed by atoms with Gasteiger partial charge in [0.15, 0.2) is 0 Å². The molecule has 1 aliphatic carbocycles. The molecule has 0 radical (unpaired) electrons. The van der Waals surface area contributed by atoms with Crippen LogP contribution in [0.3, 0.4) is 0 Å². The summed E-state index contributed by atoms with van der Waals surface area (Å²) < 4.78 is 4.96. The normalized spacial score (nSPS) is 35.3. The Kier molecular flexibility index (Phi) is 3.22. The molecule has 0 aromatic heterocycles. The Hall–Kier alpha value is -0.610. The van der Waals surface area contributed by atoms with E-state index in [2.05, 4.69) is 17.1 Å². The van der Waals surface area contributed by atoms with Crippen LogP contribution in [0.1, 0.15) is 33.1 Å². The van der Waals surface area contributed by atoms with E-state index in [1.807, 2.05) is 6.92 Å². The Morgan fingerprint density at radius 3 is 2.75 bits per heavy atom. The van der Waals surface area contributed by atoms with E-state index in [0.717, 1.165) is 19.5 Å². The fourth-order valence-corrected chi connectivity index (χ4v) is 2.93. The fraction of sp³-hybridized carbons (Fsp3) is 0.917. The summed E-state index contributed by atoms with van der Waals surface area (Å²) in [4.78, 5) is 14.4. The van der Waals surface area contributed by atoms with Crippen LogP contribution in [-0.2, 0) is 9.53 Å². The minimum Gasteiger partial charge on any atom is -0.468 e. The molecule has 4 nitrogen and oxygen atoms in total. The zero-order valence-corrected chi connectivity index (χ0v) is 10.5. The molecule has 2 rings (SSSR count). The van der Waals surface area contributed by atoms with E-state index < -0.39 is 5.54 Å². The number of likely N-dealkylation sites (tertiary alicyclic amines) is 1. The summed E-state index contributed by atoms with van der Waals surface area (Å²) in [5, 5.41) is 3.34. The topological polar surface area (TPSA) is 41.6 Å². The summed E-state index contributed by atoms with van der Waals surface area (Å²) in [6, 6.07) is 1.19. The van der Waals surface area contributed by atoms with Crippen LogP contribution in [0, 0.1) is 0 Å². The highest BCUT2D eigenvalue weighted by atomic mass is 16.5. The van der Waals surface area contributed by atoms with Crippen molar-refractivity contribution in [1.82, 2.24) is 10.2 Å². The fourth-order valence-electron chi connectivity index (χ4n) is 2.93. The van der Waals surface area contributed by atoms with E-state index in [1.54, 1.807) is 0 Å². The van der Waals surface area contributed by atoms with E-state index in [9.17, 15) is 4.79 Å². The smallest absolute Gasteiger partial charge is 0.327 e. The lowest BCUT2D eigenvalue weighted by Crippen LogP contribution is -2.54. The lowest BCUT2D eigenvalue weighted by Gasteiger charge is -2.27. The van der Waals surface area contributed by atoms with Gasteiger partial charge < -0.3 is 10.1 Å². The van der Waals surface area contributed by atoms with Crippen LogP contribution < -0.4 is 5.32 Å². The monoisotopic (exact) mass is 226 g/mol. The molecule has 2 unspecified atom stereocenters. The zero-order valence-electron chi connectivity index (χ0n) is 10.5. The summed E-state index contributed by atoms with van der Waals surface area (Å²) in [6.45, 7) is 5.86. The molecule has 1 N–H and O–H groups in total. The van der Waals surface area contributed by atoms with Gasteiger partial charge in [-0.05, 0) is 32.7 Å². The van der Waals surface area contributed by atoms with Gasteiger partial charge in [0.1, 0.15) is 5.54 Å². The third-order valence-corrected chi connectivity index (χ3v) is 3.77. The van der Waals surface area contributed by atoms with Crippen molar-refractivity contribution in [3.05, 3.63) is 0 Å². The second kappa shape index (κ2) is 4.34. The lowest BCUT2D eigenvalue weighted by atomic mass is 9.96. The minimum absolute atomic E-state index is 0.107. The van der Waals surface area contributed by atoms with Gasteiger partial charge in [-0.3, -0.25) is 9.69 Å². The molecular weight excluding hydrogens is 204 g/mol. The number of methoxy groups -OCH3 is 1. The standard InChI is InChI=1S/C12H22N2O2/c1-4-13-12(11(15)16-3)7-9(2)14(8-12)10-5-6-10/h9-10,13H,4-8H2,1-3H3. The van der Waals surface area contributed by atoms with E-state index in [-0.39, 0.29) is 5.97 Å². The summed E-state index contributed by atoms with van der Waals surface area (Å²) in [5.74, 6) is -0.107. The van der Waals surface area contributed by atoms with Gasteiger partial charge in [0.25, 0.3) is 0 Å². The second-order valence-corrected chi connectivity index (χ2v) is 5.06. The first-order chi connectivity index (χ1) is 7.63. The van der Waals surface area contributed by atoms with Crippen molar-refractivity contribution in [1.29, 1.82) is 0 Å². The quantitative estimate of drug-likeness (QED) is 0.719. The zero-order chi connectivity index (χ0) is 11.8. The number of hydrogen-bond acceptors (Lipinski definition) is 4. The van der Waals surface area contributed by atoms with Crippen molar-refractivity contribution in [2.24, 2.45) is 0 Å². The maximum absolute atomic E-state index is 11.9. The number of carbonyl (C=O) groups excluding carboxylic acids is 1.